The van der Waals surface area contributed by atoms with Crippen molar-refractivity contribution in [2.24, 2.45) is 5.92 Å². The van der Waals surface area contributed by atoms with Crippen LogP contribution in [-0.4, -0.2) is 20.4 Å². The van der Waals surface area contributed by atoms with Gasteiger partial charge in [0.15, 0.2) is 0 Å². The molecule has 2 heterocycles. The lowest BCUT2D eigenvalue weighted by molar-refractivity contribution is -0.121. The normalized spacial score (nSPS) is 10.8. The first-order chi connectivity index (χ1) is 9.65. The first-order valence-electron chi connectivity index (χ1n) is 6.85. The zero-order valence-corrected chi connectivity index (χ0v) is 11.9. The summed E-state index contributed by atoms with van der Waals surface area (Å²) in [5, 5.41) is 2.94. The minimum absolute atomic E-state index is 0.0969. The van der Waals surface area contributed by atoms with Crippen molar-refractivity contribution in [3.8, 4) is 5.82 Å². The molecule has 1 amide bonds. The van der Waals surface area contributed by atoms with Gasteiger partial charge in [-0.2, -0.15) is 0 Å². The smallest absolute Gasteiger partial charge is 0.220 e. The Labute approximate surface area is 119 Å². The third kappa shape index (κ3) is 4.19. The Morgan fingerprint density at radius 2 is 2.25 bits per heavy atom. The van der Waals surface area contributed by atoms with Crippen molar-refractivity contribution in [1.82, 2.24) is 19.9 Å². The van der Waals surface area contributed by atoms with Crippen LogP contribution in [0.15, 0.2) is 37.1 Å². The van der Waals surface area contributed by atoms with E-state index in [4.69, 9.17) is 0 Å². The Hall–Kier alpha value is -2.17. The maximum absolute atomic E-state index is 11.7. The molecule has 20 heavy (non-hydrogen) atoms. The molecular weight excluding hydrogens is 252 g/mol. The van der Waals surface area contributed by atoms with E-state index < -0.39 is 0 Å². The monoisotopic (exact) mass is 272 g/mol. The van der Waals surface area contributed by atoms with E-state index in [-0.39, 0.29) is 5.91 Å². The molecule has 0 aliphatic rings. The summed E-state index contributed by atoms with van der Waals surface area (Å²) in [5.41, 5.74) is 1.03. The first kappa shape index (κ1) is 14.2. The summed E-state index contributed by atoms with van der Waals surface area (Å²) in [4.78, 5) is 20.0. The van der Waals surface area contributed by atoms with Gasteiger partial charge in [-0.1, -0.05) is 13.8 Å². The Morgan fingerprint density at radius 1 is 1.40 bits per heavy atom. The van der Waals surface area contributed by atoms with Crippen LogP contribution in [-0.2, 0) is 11.3 Å². The number of hydrogen-bond acceptors (Lipinski definition) is 3. The van der Waals surface area contributed by atoms with Crippen LogP contribution in [0.3, 0.4) is 0 Å². The van der Waals surface area contributed by atoms with Crippen LogP contribution in [0.25, 0.3) is 5.82 Å². The molecule has 0 atom stereocenters. The van der Waals surface area contributed by atoms with Gasteiger partial charge in [0.1, 0.15) is 12.1 Å². The van der Waals surface area contributed by atoms with E-state index >= 15 is 0 Å². The molecule has 0 saturated carbocycles. The molecule has 0 aliphatic heterocycles. The van der Waals surface area contributed by atoms with E-state index in [0.29, 0.717) is 18.9 Å². The molecule has 2 aromatic rings. The zero-order valence-electron chi connectivity index (χ0n) is 11.9. The van der Waals surface area contributed by atoms with Crippen LogP contribution in [0.5, 0.6) is 0 Å². The van der Waals surface area contributed by atoms with Gasteiger partial charge >= 0.3 is 0 Å². The molecule has 1 N–H and O–H groups in total. The molecule has 0 radical (unpaired) electrons. The predicted molar refractivity (Wildman–Crippen MR) is 77.3 cm³/mol. The summed E-state index contributed by atoms with van der Waals surface area (Å²) in [6.45, 7) is 4.77. The molecule has 0 spiro atoms. The average Bonchev–Trinajstić information content (AvgIpc) is 2.97. The first-order valence-corrected chi connectivity index (χ1v) is 6.85. The topological polar surface area (TPSA) is 59.8 Å². The molecule has 5 nitrogen and oxygen atoms in total. The van der Waals surface area contributed by atoms with E-state index in [9.17, 15) is 4.79 Å². The Bertz CT molecular complexity index is 549. The lowest BCUT2D eigenvalue weighted by atomic mass is 10.1. The van der Waals surface area contributed by atoms with Crippen LogP contribution < -0.4 is 5.32 Å². The van der Waals surface area contributed by atoms with Crippen LogP contribution in [0, 0.1) is 5.92 Å². The Balaban J connectivity index is 1.90. The van der Waals surface area contributed by atoms with Crippen LogP contribution in [0.1, 0.15) is 32.3 Å². The predicted octanol–water partition coefficient (Wildman–Crippen LogP) is 2.32. The second kappa shape index (κ2) is 6.84. The van der Waals surface area contributed by atoms with Gasteiger partial charge in [0.2, 0.25) is 5.91 Å². The SMILES string of the molecule is CC(C)CCC(=O)NCc1ccnc(-n2ccnc2)c1. The molecule has 106 valence electrons. The standard InChI is InChI=1S/C15H20N4O/c1-12(2)3-4-15(20)18-10-13-5-6-17-14(9-13)19-8-7-16-11-19/h5-9,11-12H,3-4,10H2,1-2H3,(H,18,20). The number of nitrogens with zero attached hydrogens (tertiary/aromatic N) is 3. The van der Waals surface area contributed by atoms with Crippen molar-refractivity contribution in [2.75, 3.05) is 0 Å². The van der Waals surface area contributed by atoms with E-state index in [2.05, 4.69) is 29.1 Å². The third-order valence-electron chi connectivity index (χ3n) is 3.02. The molecule has 0 saturated heterocycles. The van der Waals surface area contributed by atoms with E-state index in [1.807, 2.05) is 22.9 Å². The van der Waals surface area contributed by atoms with Gasteiger partial charge in [0.25, 0.3) is 0 Å². The summed E-state index contributed by atoms with van der Waals surface area (Å²) in [7, 11) is 0. The highest BCUT2D eigenvalue weighted by molar-refractivity contribution is 5.75. The number of hydrogen-bond donors (Lipinski definition) is 1. The van der Waals surface area contributed by atoms with Gasteiger partial charge in [-0.25, -0.2) is 9.97 Å². The fourth-order valence-electron chi connectivity index (χ4n) is 1.82. The van der Waals surface area contributed by atoms with Gasteiger partial charge in [0, 0.05) is 31.6 Å². The molecular formula is C15H20N4O. The molecule has 2 rings (SSSR count). The highest BCUT2D eigenvalue weighted by Crippen LogP contribution is 2.07. The fourth-order valence-corrected chi connectivity index (χ4v) is 1.82. The second-order valence-electron chi connectivity index (χ2n) is 5.20. The van der Waals surface area contributed by atoms with Crippen molar-refractivity contribution in [3.63, 3.8) is 0 Å². The molecule has 0 unspecified atom stereocenters. The van der Waals surface area contributed by atoms with E-state index in [1.54, 1.807) is 18.7 Å². The highest BCUT2D eigenvalue weighted by atomic mass is 16.1. The van der Waals surface area contributed by atoms with Gasteiger partial charge in [-0.15, -0.1) is 0 Å². The molecule has 0 aromatic carbocycles. The van der Waals surface area contributed by atoms with E-state index in [0.717, 1.165) is 17.8 Å². The number of pyridine rings is 1. The van der Waals surface area contributed by atoms with Crippen LogP contribution >= 0.6 is 0 Å². The molecule has 0 bridgehead atoms. The second-order valence-corrected chi connectivity index (χ2v) is 5.20. The van der Waals surface area contributed by atoms with Crippen molar-refractivity contribution in [2.45, 2.75) is 33.2 Å². The lowest BCUT2D eigenvalue weighted by Gasteiger charge is -2.08. The average molecular weight is 272 g/mol. The van der Waals surface area contributed by atoms with Crippen molar-refractivity contribution in [1.29, 1.82) is 0 Å². The summed E-state index contributed by atoms with van der Waals surface area (Å²) < 4.78 is 1.84. The van der Waals surface area contributed by atoms with E-state index in [1.165, 1.54) is 0 Å². The van der Waals surface area contributed by atoms with Gasteiger partial charge in [0.05, 0.1) is 0 Å². The summed E-state index contributed by atoms with van der Waals surface area (Å²) in [5.74, 6) is 1.45. The maximum Gasteiger partial charge on any atom is 0.220 e. The molecule has 0 aliphatic carbocycles. The molecule has 2 aromatic heterocycles. The van der Waals surface area contributed by atoms with Gasteiger partial charge in [-0.05, 0) is 30.0 Å². The highest BCUT2D eigenvalue weighted by Gasteiger charge is 2.04. The number of carbonyl (C=O) groups is 1. The lowest BCUT2D eigenvalue weighted by Crippen LogP contribution is -2.22. The number of rotatable bonds is 6. The third-order valence-corrected chi connectivity index (χ3v) is 3.02. The van der Waals surface area contributed by atoms with Crippen molar-refractivity contribution < 1.29 is 4.79 Å². The van der Waals surface area contributed by atoms with Crippen LogP contribution in [0.2, 0.25) is 0 Å². The number of carbonyl (C=O) groups excluding carboxylic acids is 1. The summed E-state index contributed by atoms with van der Waals surface area (Å²) in [6, 6.07) is 3.85. The quantitative estimate of drug-likeness (QED) is 0.878. The number of amides is 1. The summed E-state index contributed by atoms with van der Waals surface area (Å²) in [6.07, 6.45) is 8.49. The minimum Gasteiger partial charge on any atom is -0.352 e. The van der Waals surface area contributed by atoms with Crippen molar-refractivity contribution >= 4 is 5.91 Å². The van der Waals surface area contributed by atoms with Crippen molar-refractivity contribution in [3.05, 3.63) is 42.6 Å². The van der Waals surface area contributed by atoms with Crippen LogP contribution in [0.4, 0.5) is 0 Å². The van der Waals surface area contributed by atoms with Gasteiger partial charge < -0.3 is 5.32 Å². The molecule has 5 heteroatoms. The largest absolute Gasteiger partial charge is 0.352 e. The Kier molecular flexibility index (Phi) is 4.87. The number of aromatic nitrogens is 3. The van der Waals surface area contributed by atoms with Gasteiger partial charge in [-0.3, -0.25) is 9.36 Å². The number of nitrogens with one attached hydrogen (secondary N) is 1. The summed E-state index contributed by atoms with van der Waals surface area (Å²) >= 11 is 0. The zero-order chi connectivity index (χ0) is 14.4. The molecule has 0 fully saturated rings. The number of imidazole rings is 1. The fraction of sp³-hybridized carbons (Fsp3) is 0.400. The Morgan fingerprint density at radius 3 is 2.95 bits per heavy atom. The maximum atomic E-state index is 11.7. The minimum atomic E-state index is 0.0969.